The van der Waals surface area contributed by atoms with E-state index in [9.17, 15) is 13.2 Å². The maximum atomic E-state index is 11.6. The second-order valence-corrected chi connectivity index (χ2v) is 4.89. The third-order valence-corrected chi connectivity index (χ3v) is 3.16. The van der Waals surface area contributed by atoms with Gasteiger partial charge in [-0.05, 0) is 5.56 Å². The largest absolute Gasteiger partial charge is 0.353 e. The molecular weight excluding hydrogens is 244 g/mol. The summed E-state index contributed by atoms with van der Waals surface area (Å²) in [7, 11) is -4.50. The van der Waals surface area contributed by atoms with E-state index >= 15 is 0 Å². The molecule has 1 rings (SSSR count). The second-order valence-electron chi connectivity index (χ2n) is 3.39. The van der Waals surface area contributed by atoms with E-state index in [4.69, 9.17) is 10.3 Å². The van der Waals surface area contributed by atoms with Gasteiger partial charge in [-0.1, -0.05) is 30.3 Å². The van der Waals surface area contributed by atoms with Gasteiger partial charge in [-0.3, -0.25) is 9.35 Å². The number of benzene rings is 1. The smallest absolute Gasteiger partial charge is 0.281 e. The molecule has 0 fully saturated rings. The van der Waals surface area contributed by atoms with Crippen molar-refractivity contribution in [1.82, 2.24) is 5.32 Å². The zero-order chi connectivity index (χ0) is 12.9. The SMILES string of the molecule is NCCNC(=O)C(c1ccccc1)S(=O)(=O)O. The van der Waals surface area contributed by atoms with Crippen molar-refractivity contribution in [2.45, 2.75) is 5.25 Å². The summed E-state index contributed by atoms with van der Waals surface area (Å²) in [5.74, 6) is -0.788. The Kier molecular flexibility index (Phi) is 4.62. The summed E-state index contributed by atoms with van der Waals surface area (Å²) in [6, 6.07) is 7.77. The normalized spacial score (nSPS) is 13.1. The average molecular weight is 258 g/mol. The highest BCUT2D eigenvalue weighted by Crippen LogP contribution is 2.21. The van der Waals surface area contributed by atoms with Crippen LogP contribution < -0.4 is 11.1 Å². The zero-order valence-corrected chi connectivity index (χ0v) is 9.85. The first-order valence-electron chi connectivity index (χ1n) is 4.96. The lowest BCUT2D eigenvalue weighted by atomic mass is 10.1. The lowest BCUT2D eigenvalue weighted by molar-refractivity contribution is -0.120. The van der Waals surface area contributed by atoms with Crippen molar-refractivity contribution >= 4 is 16.0 Å². The number of rotatable bonds is 5. The molecule has 0 aromatic heterocycles. The molecule has 0 aliphatic rings. The van der Waals surface area contributed by atoms with Crippen molar-refractivity contribution < 1.29 is 17.8 Å². The minimum absolute atomic E-state index is 0.150. The van der Waals surface area contributed by atoms with Gasteiger partial charge < -0.3 is 11.1 Å². The first kappa shape index (κ1) is 13.6. The third-order valence-electron chi connectivity index (χ3n) is 2.08. The predicted octanol–water partition coefficient (Wildman–Crippen LogP) is -0.310. The van der Waals surface area contributed by atoms with Crippen LogP contribution in [0.15, 0.2) is 30.3 Å². The van der Waals surface area contributed by atoms with Crippen LogP contribution in [0.5, 0.6) is 0 Å². The van der Waals surface area contributed by atoms with Gasteiger partial charge in [-0.2, -0.15) is 8.42 Å². The van der Waals surface area contributed by atoms with Crippen molar-refractivity contribution in [2.75, 3.05) is 13.1 Å². The van der Waals surface area contributed by atoms with Crippen LogP contribution in [0.4, 0.5) is 0 Å². The fourth-order valence-corrected chi connectivity index (χ4v) is 2.23. The molecule has 0 saturated carbocycles. The van der Waals surface area contributed by atoms with Crippen molar-refractivity contribution in [2.24, 2.45) is 5.73 Å². The van der Waals surface area contributed by atoms with Gasteiger partial charge in [0.25, 0.3) is 10.1 Å². The zero-order valence-electron chi connectivity index (χ0n) is 9.04. The number of nitrogens with two attached hydrogens (primary N) is 1. The molecule has 7 heteroatoms. The molecular formula is C10H14N2O4S. The molecule has 6 nitrogen and oxygen atoms in total. The topological polar surface area (TPSA) is 109 Å². The van der Waals surface area contributed by atoms with Crippen molar-refractivity contribution in [1.29, 1.82) is 0 Å². The van der Waals surface area contributed by atoms with Crippen molar-refractivity contribution in [3.05, 3.63) is 35.9 Å². The van der Waals surface area contributed by atoms with Gasteiger partial charge in [0.15, 0.2) is 5.25 Å². The molecule has 17 heavy (non-hydrogen) atoms. The Morgan fingerprint density at radius 1 is 1.35 bits per heavy atom. The molecule has 0 radical (unpaired) electrons. The lowest BCUT2D eigenvalue weighted by Crippen LogP contribution is -2.36. The summed E-state index contributed by atoms with van der Waals surface area (Å²) in [5, 5.41) is 0.719. The van der Waals surface area contributed by atoms with E-state index < -0.39 is 21.3 Å². The van der Waals surface area contributed by atoms with Gasteiger partial charge in [0.1, 0.15) is 0 Å². The molecule has 0 aliphatic carbocycles. The summed E-state index contributed by atoms with van der Waals surface area (Å²) in [6.45, 7) is 0.344. The van der Waals surface area contributed by atoms with Crippen molar-refractivity contribution in [3.63, 3.8) is 0 Å². The molecule has 0 spiro atoms. The van der Waals surface area contributed by atoms with Crippen LogP contribution in [0.3, 0.4) is 0 Å². The molecule has 1 amide bonds. The molecule has 4 N–H and O–H groups in total. The molecule has 0 heterocycles. The summed E-state index contributed by atoms with van der Waals surface area (Å²) < 4.78 is 31.5. The van der Waals surface area contributed by atoms with Gasteiger partial charge in [-0.15, -0.1) is 0 Å². The van der Waals surface area contributed by atoms with E-state index in [0.29, 0.717) is 0 Å². The highest BCUT2D eigenvalue weighted by atomic mass is 32.2. The Labute approximate surface area is 99.6 Å². The molecule has 1 unspecified atom stereocenters. The molecule has 1 atom stereocenters. The average Bonchev–Trinajstić information content (AvgIpc) is 2.26. The summed E-state index contributed by atoms with van der Waals surface area (Å²) >= 11 is 0. The Balaban J connectivity index is 3.02. The van der Waals surface area contributed by atoms with Crippen LogP contribution in [0.1, 0.15) is 10.8 Å². The van der Waals surface area contributed by atoms with E-state index in [1.807, 2.05) is 0 Å². The predicted molar refractivity (Wildman–Crippen MR) is 62.8 cm³/mol. The molecule has 0 saturated heterocycles. The highest BCUT2D eigenvalue weighted by Gasteiger charge is 2.32. The Hall–Kier alpha value is -1.44. The van der Waals surface area contributed by atoms with Gasteiger partial charge in [0.05, 0.1) is 0 Å². The first-order valence-corrected chi connectivity index (χ1v) is 6.46. The Morgan fingerprint density at radius 3 is 2.41 bits per heavy atom. The quantitative estimate of drug-likeness (QED) is 0.628. The van der Waals surface area contributed by atoms with Crippen LogP contribution in [0, 0.1) is 0 Å². The lowest BCUT2D eigenvalue weighted by Gasteiger charge is -2.13. The van der Waals surface area contributed by atoms with E-state index in [1.54, 1.807) is 18.2 Å². The third kappa shape index (κ3) is 3.81. The standard InChI is InChI=1S/C10H14N2O4S/c11-6-7-12-10(13)9(17(14,15)16)8-4-2-1-3-5-8/h1-5,9H,6-7,11H2,(H,12,13)(H,14,15,16). The Bertz CT molecular complexity index is 472. The van der Waals surface area contributed by atoms with Gasteiger partial charge >= 0.3 is 0 Å². The van der Waals surface area contributed by atoms with E-state index in [2.05, 4.69) is 5.32 Å². The maximum absolute atomic E-state index is 11.6. The van der Waals surface area contributed by atoms with E-state index in [1.165, 1.54) is 12.1 Å². The Morgan fingerprint density at radius 2 is 1.94 bits per heavy atom. The minimum Gasteiger partial charge on any atom is -0.353 e. The summed E-state index contributed by atoms with van der Waals surface area (Å²) in [5.41, 5.74) is 5.41. The fourth-order valence-electron chi connectivity index (χ4n) is 1.37. The maximum Gasteiger partial charge on any atom is 0.281 e. The summed E-state index contributed by atoms with van der Waals surface area (Å²) in [6.07, 6.45) is 0. The fraction of sp³-hybridized carbons (Fsp3) is 0.300. The molecule has 0 aliphatic heterocycles. The molecule has 0 bridgehead atoms. The number of hydrogen-bond donors (Lipinski definition) is 3. The highest BCUT2D eigenvalue weighted by molar-refractivity contribution is 7.86. The number of nitrogens with one attached hydrogen (secondary N) is 1. The number of carbonyl (C=O) groups is 1. The number of carbonyl (C=O) groups excluding carboxylic acids is 1. The second kappa shape index (κ2) is 5.76. The first-order chi connectivity index (χ1) is 7.96. The number of hydrogen-bond acceptors (Lipinski definition) is 4. The van der Waals surface area contributed by atoms with Gasteiger partial charge in [-0.25, -0.2) is 0 Å². The summed E-state index contributed by atoms with van der Waals surface area (Å²) in [4.78, 5) is 11.6. The van der Waals surface area contributed by atoms with E-state index in [-0.39, 0.29) is 18.7 Å². The monoisotopic (exact) mass is 258 g/mol. The van der Waals surface area contributed by atoms with Crippen LogP contribution in [0.2, 0.25) is 0 Å². The molecule has 1 aromatic rings. The minimum atomic E-state index is -4.50. The van der Waals surface area contributed by atoms with Crippen LogP contribution in [-0.2, 0) is 14.9 Å². The molecule has 1 aromatic carbocycles. The number of amides is 1. The van der Waals surface area contributed by atoms with E-state index in [0.717, 1.165) is 0 Å². The van der Waals surface area contributed by atoms with Crippen LogP contribution >= 0.6 is 0 Å². The van der Waals surface area contributed by atoms with Gasteiger partial charge in [0, 0.05) is 13.1 Å². The van der Waals surface area contributed by atoms with Gasteiger partial charge in [0.2, 0.25) is 5.91 Å². The molecule has 94 valence electrons. The van der Waals surface area contributed by atoms with Crippen molar-refractivity contribution in [3.8, 4) is 0 Å². The van der Waals surface area contributed by atoms with Crippen LogP contribution in [-0.4, -0.2) is 32.0 Å². The van der Waals surface area contributed by atoms with Crippen LogP contribution in [0.25, 0.3) is 0 Å².